The van der Waals surface area contributed by atoms with Gasteiger partial charge in [0.05, 0.1) is 7.11 Å². The fraction of sp³-hybridized carbons (Fsp3) is 0.588. The molecule has 3 rings (SSSR count). The van der Waals surface area contributed by atoms with Gasteiger partial charge in [-0.2, -0.15) is 0 Å². The summed E-state index contributed by atoms with van der Waals surface area (Å²) in [7, 11) is 1.56. The standard InChI is InChI=1S/C17H24N2O4.ClH/c1-17(2)10-19(5-4-14(17)18)16(20)11-8-12(21-3)15-13(9-11)22-6-7-23-15;/h8-9,14H,4-7,10,18H2,1-3H3;1H. The fourth-order valence-electron chi connectivity index (χ4n) is 3.13. The van der Waals surface area contributed by atoms with Gasteiger partial charge in [0.15, 0.2) is 11.5 Å². The van der Waals surface area contributed by atoms with E-state index < -0.39 is 0 Å². The van der Waals surface area contributed by atoms with E-state index in [1.54, 1.807) is 19.2 Å². The van der Waals surface area contributed by atoms with E-state index in [9.17, 15) is 4.79 Å². The highest BCUT2D eigenvalue weighted by molar-refractivity contribution is 5.95. The third kappa shape index (κ3) is 3.39. The first-order valence-electron chi connectivity index (χ1n) is 7.95. The number of carbonyl (C=O) groups excluding carboxylic acids is 1. The second-order valence-corrected chi connectivity index (χ2v) is 6.81. The van der Waals surface area contributed by atoms with Crippen LogP contribution in [0.5, 0.6) is 17.2 Å². The molecule has 0 saturated carbocycles. The van der Waals surface area contributed by atoms with Crippen LogP contribution in [0.25, 0.3) is 0 Å². The summed E-state index contributed by atoms with van der Waals surface area (Å²) in [5.74, 6) is 1.63. The summed E-state index contributed by atoms with van der Waals surface area (Å²) in [5, 5.41) is 0. The normalized spacial score (nSPS) is 21.7. The van der Waals surface area contributed by atoms with Crippen molar-refractivity contribution in [1.29, 1.82) is 0 Å². The van der Waals surface area contributed by atoms with Crippen molar-refractivity contribution in [2.75, 3.05) is 33.4 Å². The minimum atomic E-state index is -0.0915. The number of halogens is 1. The van der Waals surface area contributed by atoms with Crippen LogP contribution >= 0.6 is 12.4 Å². The van der Waals surface area contributed by atoms with Gasteiger partial charge in [0.2, 0.25) is 5.75 Å². The molecule has 1 amide bonds. The lowest BCUT2D eigenvalue weighted by molar-refractivity contribution is 0.0531. The highest BCUT2D eigenvalue weighted by atomic mass is 35.5. The molecule has 1 aromatic rings. The van der Waals surface area contributed by atoms with Gasteiger partial charge in [0.1, 0.15) is 13.2 Å². The van der Waals surface area contributed by atoms with Crippen molar-refractivity contribution in [3.05, 3.63) is 17.7 Å². The number of ether oxygens (including phenoxy) is 3. The van der Waals surface area contributed by atoms with Crippen molar-refractivity contribution in [1.82, 2.24) is 4.90 Å². The number of nitrogens with two attached hydrogens (primary N) is 1. The zero-order valence-corrected chi connectivity index (χ0v) is 15.1. The molecule has 0 spiro atoms. The van der Waals surface area contributed by atoms with Crippen molar-refractivity contribution in [2.45, 2.75) is 26.3 Å². The van der Waals surface area contributed by atoms with Gasteiger partial charge >= 0.3 is 0 Å². The lowest BCUT2D eigenvalue weighted by Gasteiger charge is -2.42. The van der Waals surface area contributed by atoms with E-state index in [2.05, 4.69) is 13.8 Å². The summed E-state index contributed by atoms with van der Waals surface area (Å²) >= 11 is 0. The fourth-order valence-corrected chi connectivity index (χ4v) is 3.13. The Labute approximate surface area is 148 Å². The second kappa shape index (κ2) is 7.07. The van der Waals surface area contributed by atoms with Crippen LogP contribution in [0.4, 0.5) is 0 Å². The highest BCUT2D eigenvalue weighted by Gasteiger charge is 2.36. The van der Waals surface area contributed by atoms with Gasteiger partial charge in [-0.15, -0.1) is 12.4 Å². The van der Waals surface area contributed by atoms with E-state index in [0.29, 0.717) is 49.1 Å². The molecule has 2 heterocycles. The molecule has 2 aliphatic heterocycles. The molecule has 0 aliphatic carbocycles. The molecule has 2 N–H and O–H groups in total. The quantitative estimate of drug-likeness (QED) is 0.878. The number of methoxy groups -OCH3 is 1. The average molecular weight is 357 g/mol. The molecule has 0 bridgehead atoms. The lowest BCUT2D eigenvalue weighted by Crippen LogP contribution is -2.54. The third-order valence-corrected chi connectivity index (χ3v) is 4.67. The molecular weight excluding hydrogens is 332 g/mol. The van der Waals surface area contributed by atoms with Crippen LogP contribution in [0.2, 0.25) is 0 Å². The van der Waals surface area contributed by atoms with Gasteiger partial charge in [-0.1, -0.05) is 13.8 Å². The molecule has 134 valence electrons. The van der Waals surface area contributed by atoms with Crippen LogP contribution in [0.1, 0.15) is 30.6 Å². The number of fused-ring (bicyclic) bond motifs is 1. The summed E-state index contributed by atoms with van der Waals surface area (Å²) < 4.78 is 16.5. The van der Waals surface area contributed by atoms with Crippen LogP contribution in [-0.2, 0) is 0 Å². The van der Waals surface area contributed by atoms with E-state index in [1.165, 1.54) is 0 Å². The molecule has 7 heteroatoms. The first kappa shape index (κ1) is 18.7. The summed E-state index contributed by atoms with van der Waals surface area (Å²) in [5.41, 5.74) is 6.62. The number of hydrogen-bond acceptors (Lipinski definition) is 5. The first-order valence-corrected chi connectivity index (χ1v) is 7.95. The van der Waals surface area contributed by atoms with Gasteiger partial charge in [0, 0.05) is 24.7 Å². The molecule has 1 fully saturated rings. The number of amides is 1. The Hall–Kier alpha value is -1.66. The van der Waals surface area contributed by atoms with Gasteiger partial charge < -0.3 is 24.8 Å². The molecule has 24 heavy (non-hydrogen) atoms. The monoisotopic (exact) mass is 356 g/mol. The number of likely N-dealkylation sites (tertiary alicyclic amines) is 1. The summed E-state index contributed by atoms with van der Waals surface area (Å²) in [6.07, 6.45) is 0.806. The van der Waals surface area contributed by atoms with E-state index in [0.717, 1.165) is 6.42 Å². The molecular formula is C17H25ClN2O4. The predicted octanol–water partition coefficient (Wildman–Crippen LogP) is 2.09. The highest BCUT2D eigenvalue weighted by Crippen LogP contribution is 2.41. The number of benzene rings is 1. The van der Waals surface area contributed by atoms with Gasteiger partial charge in [0.25, 0.3) is 5.91 Å². The van der Waals surface area contributed by atoms with Crippen LogP contribution in [-0.4, -0.2) is 50.3 Å². The van der Waals surface area contributed by atoms with Crippen LogP contribution in [0, 0.1) is 5.41 Å². The molecule has 6 nitrogen and oxygen atoms in total. The lowest BCUT2D eigenvalue weighted by atomic mass is 9.79. The first-order chi connectivity index (χ1) is 10.9. The molecule has 2 aliphatic rings. The number of nitrogens with zero attached hydrogens (tertiary/aromatic N) is 1. The Kier molecular flexibility index (Phi) is 5.50. The Bertz CT molecular complexity index is 604. The predicted molar refractivity (Wildman–Crippen MR) is 93.5 cm³/mol. The van der Waals surface area contributed by atoms with Crippen LogP contribution in [0.15, 0.2) is 12.1 Å². The van der Waals surface area contributed by atoms with Crippen molar-refractivity contribution in [2.24, 2.45) is 11.1 Å². The second-order valence-electron chi connectivity index (χ2n) is 6.81. The Morgan fingerprint density at radius 1 is 1.33 bits per heavy atom. The third-order valence-electron chi connectivity index (χ3n) is 4.67. The largest absolute Gasteiger partial charge is 0.493 e. The van der Waals surface area contributed by atoms with Crippen molar-refractivity contribution in [3.63, 3.8) is 0 Å². The van der Waals surface area contributed by atoms with E-state index in [4.69, 9.17) is 19.9 Å². The van der Waals surface area contributed by atoms with Gasteiger partial charge in [-0.05, 0) is 24.0 Å². The number of carbonyl (C=O) groups is 1. The number of rotatable bonds is 2. The van der Waals surface area contributed by atoms with E-state index in [1.807, 2.05) is 4.90 Å². The topological polar surface area (TPSA) is 74.0 Å². The molecule has 1 atom stereocenters. The van der Waals surface area contributed by atoms with Crippen LogP contribution in [0.3, 0.4) is 0 Å². The van der Waals surface area contributed by atoms with Crippen molar-refractivity contribution < 1.29 is 19.0 Å². The van der Waals surface area contributed by atoms with E-state index >= 15 is 0 Å². The summed E-state index contributed by atoms with van der Waals surface area (Å²) in [6, 6.07) is 3.57. The van der Waals surface area contributed by atoms with Gasteiger partial charge in [-0.25, -0.2) is 0 Å². The van der Waals surface area contributed by atoms with Crippen molar-refractivity contribution >= 4 is 18.3 Å². The SMILES string of the molecule is COc1cc(C(=O)N2CCC(N)C(C)(C)C2)cc2c1OCCO2.Cl. The van der Waals surface area contributed by atoms with E-state index in [-0.39, 0.29) is 29.8 Å². The average Bonchev–Trinajstić information content (AvgIpc) is 2.55. The Balaban J connectivity index is 0.00000208. The minimum absolute atomic E-state index is 0. The minimum Gasteiger partial charge on any atom is -0.493 e. The summed E-state index contributed by atoms with van der Waals surface area (Å²) in [4.78, 5) is 14.7. The smallest absolute Gasteiger partial charge is 0.254 e. The zero-order valence-electron chi connectivity index (χ0n) is 14.3. The number of hydrogen-bond donors (Lipinski definition) is 1. The van der Waals surface area contributed by atoms with Crippen molar-refractivity contribution in [3.8, 4) is 17.2 Å². The molecule has 1 unspecified atom stereocenters. The molecule has 1 saturated heterocycles. The molecule has 0 radical (unpaired) electrons. The van der Waals surface area contributed by atoms with Gasteiger partial charge in [-0.3, -0.25) is 4.79 Å². The maximum atomic E-state index is 12.9. The maximum Gasteiger partial charge on any atom is 0.254 e. The van der Waals surface area contributed by atoms with Crippen LogP contribution < -0.4 is 19.9 Å². The Morgan fingerprint density at radius 2 is 2.04 bits per heavy atom. The number of piperidine rings is 1. The maximum absolute atomic E-state index is 12.9. The summed E-state index contributed by atoms with van der Waals surface area (Å²) in [6.45, 7) is 6.46. The zero-order chi connectivity index (χ0) is 16.6. The molecule has 1 aromatic carbocycles. The molecule has 0 aromatic heterocycles. The Morgan fingerprint density at radius 3 is 2.71 bits per heavy atom.